The van der Waals surface area contributed by atoms with Gasteiger partial charge < -0.3 is 10.6 Å². The van der Waals surface area contributed by atoms with E-state index >= 15 is 0 Å². The number of benzene rings is 1. The Labute approximate surface area is 152 Å². The molecule has 0 radical (unpaired) electrons. The number of hydrogen-bond donors (Lipinski definition) is 2. The number of nitro groups is 1. The molecule has 0 saturated heterocycles. The molecule has 1 aromatic carbocycles. The van der Waals surface area contributed by atoms with E-state index in [9.17, 15) is 14.9 Å². The smallest absolute Gasteiger partial charge is 0.283 e. The highest BCUT2D eigenvalue weighted by Crippen LogP contribution is 2.31. The molecule has 0 bridgehead atoms. The van der Waals surface area contributed by atoms with E-state index in [0.717, 1.165) is 31.7 Å². The SMILES string of the molecule is CC(C)CCSc1ccc(C(=O)NCC2=CCNCC2)cc1[N+](=O)[O-]. The van der Waals surface area contributed by atoms with E-state index in [1.54, 1.807) is 12.1 Å². The van der Waals surface area contributed by atoms with E-state index in [1.807, 2.05) is 0 Å². The van der Waals surface area contributed by atoms with Gasteiger partial charge >= 0.3 is 0 Å². The van der Waals surface area contributed by atoms with Gasteiger partial charge in [-0.2, -0.15) is 0 Å². The van der Waals surface area contributed by atoms with Crippen molar-refractivity contribution in [2.45, 2.75) is 31.6 Å². The van der Waals surface area contributed by atoms with Crippen LogP contribution in [0.2, 0.25) is 0 Å². The molecule has 0 aromatic heterocycles. The topological polar surface area (TPSA) is 84.3 Å². The van der Waals surface area contributed by atoms with Crippen molar-refractivity contribution in [2.24, 2.45) is 5.92 Å². The molecule has 136 valence electrons. The summed E-state index contributed by atoms with van der Waals surface area (Å²) in [7, 11) is 0. The maximum atomic E-state index is 12.3. The van der Waals surface area contributed by atoms with Gasteiger partial charge in [0.05, 0.1) is 9.82 Å². The lowest BCUT2D eigenvalue weighted by molar-refractivity contribution is -0.387. The Hall–Kier alpha value is -1.86. The molecule has 0 spiro atoms. The summed E-state index contributed by atoms with van der Waals surface area (Å²) < 4.78 is 0. The fraction of sp³-hybridized carbons (Fsp3) is 0.500. The molecular weight excluding hydrogens is 338 g/mol. The molecule has 1 heterocycles. The molecule has 1 aliphatic rings. The first-order valence-electron chi connectivity index (χ1n) is 8.55. The van der Waals surface area contributed by atoms with Gasteiger partial charge in [-0.15, -0.1) is 11.8 Å². The minimum Gasteiger partial charge on any atom is -0.348 e. The molecule has 0 aliphatic carbocycles. The second-order valence-corrected chi connectivity index (χ2v) is 7.61. The largest absolute Gasteiger partial charge is 0.348 e. The lowest BCUT2D eigenvalue weighted by atomic mass is 10.1. The second-order valence-electron chi connectivity index (χ2n) is 6.47. The summed E-state index contributed by atoms with van der Waals surface area (Å²) >= 11 is 1.47. The van der Waals surface area contributed by atoms with Crippen LogP contribution in [0.4, 0.5) is 5.69 Å². The fourth-order valence-corrected chi connectivity index (χ4v) is 3.71. The molecule has 1 amide bonds. The van der Waals surface area contributed by atoms with Crippen LogP contribution in [0.3, 0.4) is 0 Å². The molecule has 1 aliphatic heterocycles. The Morgan fingerprint density at radius 1 is 1.44 bits per heavy atom. The van der Waals surface area contributed by atoms with Crippen LogP contribution < -0.4 is 10.6 Å². The summed E-state index contributed by atoms with van der Waals surface area (Å²) in [6, 6.07) is 4.72. The Balaban J connectivity index is 2.02. The van der Waals surface area contributed by atoms with Gasteiger partial charge in [0.25, 0.3) is 11.6 Å². The first kappa shape index (κ1) is 19.5. The van der Waals surface area contributed by atoms with Crippen LogP contribution >= 0.6 is 11.8 Å². The van der Waals surface area contributed by atoms with Gasteiger partial charge in [0.1, 0.15) is 0 Å². The van der Waals surface area contributed by atoms with Crippen LogP contribution in [0.25, 0.3) is 0 Å². The molecule has 0 atom stereocenters. The summed E-state index contributed by atoms with van der Waals surface area (Å²) in [5.41, 5.74) is 1.51. The molecule has 25 heavy (non-hydrogen) atoms. The number of amides is 1. The van der Waals surface area contributed by atoms with E-state index < -0.39 is 4.92 Å². The van der Waals surface area contributed by atoms with E-state index in [2.05, 4.69) is 30.6 Å². The van der Waals surface area contributed by atoms with Gasteiger partial charge in [0.15, 0.2) is 0 Å². The van der Waals surface area contributed by atoms with E-state index in [0.29, 0.717) is 22.9 Å². The van der Waals surface area contributed by atoms with Crippen LogP contribution in [0.1, 0.15) is 37.0 Å². The van der Waals surface area contributed by atoms with Gasteiger partial charge in [-0.25, -0.2) is 0 Å². The van der Waals surface area contributed by atoms with Crippen LogP contribution in [0, 0.1) is 16.0 Å². The second kappa shape index (κ2) is 9.58. The fourth-order valence-electron chi connectivity index (χ4n) is 2.45. The van der Waals surface area contributed by atoms with Crippen molar-refractivity contribution in [3.63, 3.8) is 0 Å². The van der Waals surface area contributed by atoms with Crippen LogP contribution in [0.15, 0.2) is 34.7 Å². The van der Waals surface area contributed by atoms with E-state index in [4.69, 9.17) is 0 Å². The summed E-state index contributed by atoms with van der Waals surface area (Å²) in [4.78, 5) is 23.8. The third kappa shape index (κ3) is 6.17. The normalized spacial score (nSPS) is 14.3. The first-order chi connectivity index (χ1) is 12.0. The minimum atomic E-state index is -0.413. The standard InChI is InChI=1S/C18H25N3O3S/c1-13(2)7-10-25-17-4-3-15(11-16(17)21(23)24)18(22)20-12-14-5-8-19-9-6-14/h3-5,11,13,19H,6-10,12H2,1-2H3,(H,20,22). The number of nitrogens with one attached hydrogen (secondary N) is 2. The van der Waals surface area contributed by atoms with Crippen molar-refractivity contribution in [3.8, 4) is 0 Å². The molecule has 7 heteroatoms. The Morgan fingerprint density at radius 2 is 2.24 bits per heavy atom. The third-order valence-corrected chi connectivity index (χ3v) is 5.10. The monoisotopic (exact) mass is 363 g/mol. The molecular formula is C18H25N3O3S. The highest BCUT2D eigenvalue weighted by molar-refractivity contribution is 7.99. The molecule has 0 fully saturated rings. The average molecular weight is 363 g/mol. The van der Waals surface area contributed by atoms with Gasteiger partial charge in [0, 0.05) is 24.7 Å². The molecule has 2 rings (SSSR count). The zero-order valence-corrected chi connectivity index (χ0v) is 15.5. The van der Waals surface area contributed by atoms with Gasteiger partial charge in [-0.3, -0.25) is 14.9 Å². The van der Waals surface area contributed by atoms with Crippen LogP contribution in [0.5, 0.6) is 0 Å². The minimum absolute atomic E-state index is 0.00230. The maximum absolute atomic E-state index is 12.3. The van der Waals surface area contributed by atoms with Crippen molar-refractivity contribution in [2.75, 3.05) is 25.4 Å². The lowest BCUT2D eigenvalue weighted by Gasteiger charge is -2.14. The number of nitrogens with zero attached hydrogens (tertiary/aromatic N) is 1. The van der Waals surface area contributed by atoms with Crippen molar-refractivity contribution >= 4 is 23.4 Å². The zero-order chi connectivity index (χ0) is 18.2. The lowest BCUT2D eigenvalue weighted by Crippen LogP contribution is -2.29. The van der Waals surface area contributed by atoms with Crippen LogP contribution in [-0.2, 0) is 0 Å². The Morgan fingerprint density at radius 3 is 2.88 bits per heavy atom. The molecule has 1 aromatic rings. The van der Waals surface area contributed by atoms with Crippen molar-refractivity contribution in [1.82, 2.24) is 10.6 Å². The van der Waals surface area contributed by atoms with E-state index in [1.165, 1.54) is 23.4 Å². The predicted molar refractivity (Wildman–Crippen MR) is 101 cm³/mol. The highest BCUT2D eigenvalue weighted by atomic mass is 32.2. The molecule has 0 saturated carbocycles. The third-order valence-electron chi connectivity index (χ3n) is 4.00. The highest BCUT2D eigenvalue weighted by Gasteiger charge is 2.18. The first-order valence-corrected chi connectivity index (χ1v) is 9.54. The molecule has 6 nitrogen and oxygen atoms in total. The number of thioether (sulfide) groups is 1. The number of nitro benzene ring substituents is 1. The maximum Gasteiger partial charge on any atom is 0.283 e. The predicted octanol–water partition coefficient (Wildman–Crippen LogP) is 3.38. The van der Waals surface area contributed by atoms with Gasteiger partial charge in [0.2, 0.25) is 0 Å². The summed E-state index contributed by atoms with van der Waals surface area (Å²) in [5.74, 6) is 1.11. The summed E-state index contributed by atoms with van der Waals surface area (Å²) in [6.45, 7) is 6.47. The van der Waals surface area contributed by atoms with E-state index in [-0.39, 0.29) is 11.6 Å². The summed E-state index contributed by atoms with van der Waals surface area (Å²) in [5, 5.41) is 17.4. The van der Waals surface area contributed by atoms with Crippen molar-refractivity contribution in [1.29, 1.82) is 0 Å². The van der Waals surface area contributed by atoms with Gasteiger partial charge in [-0.1, -0.05) is 25.5 Å². The number of hydrogen-bond acceptors (Lipinski definition) is 5. The number of carbonyl (C=O) groups excluding carboxylic acids is 1. The van der Waals surface area contributed by atoms with Crippen molar-refractivity contribution < 1.29 is 9.72 Å². The molecule has 0 unspecified atom stereocenters. The Bertz CT molecular complexity index is 659. The zero-order valence-electron chi connectivity index (χ0n) is 14.7. The number of carbonyl (C=O) groups is 1. The summed E-state index contributed by atoms with van der Waals surface area (Å²) in [6.07, 6.45) is 3.97. The Kier molecular flexibility index (Phi) is 7.46. The average Bonchev–Trinajstić information content (AvgIpc) is 2.60. The number of rotatable bonds is 8. The van der Waals surface area contributed by atoms with Crippen molar-refractivity contribution in [3.05, 3.63) is 45.5 Å². The van der Waals surface area contributed by atoms with Gasteiger partial charge in [-0.05, 0) is 43.2 Å². The quantitative estimate of drug-likeness (QED) is 0.320. The molecule has 2 N–H and O–H groups in total. The van der Waals surface area contributed by atoms with Crippen LogP contribution in [-0.4, -0.2) is 36.2 Å².